The van der Waals surface area contributed by atoms with Crippen molar-refractivity contribution in [1.82, 2.24) is 19.2 Å². The molecule has 0 atom stereocenters. The molecule has 2 aliphatic heterocycles. The van der Waals surface area contributed by atoms with Gasteiger partial charge in [0.15, 0.2) is 0 Å². The van der Waals surface area contributed by atoms with Crippen LogP contribution in [0.1, 0.15) is 36.0 Å². The van der Waals surface area contributed by atoms with E-state index < -0.39 is 10.0 Å². The second-order valence-corrected chi connectivity index (χ2v) is 11.2. The van der Waals surface area contributed by atoms with E-state index in [1.165, 1.54) is 20.3 Å². The van der Waals surface area contributed by atoms with Gasteiger partial charge >= 0.3 is 6.01 Å². The number of carbonyl (C=O) groups is 1. The molecular weight excluding hydrogens is 468 g/mol. The largest absolute Gasteiger partial charge is 0.480 e. The maximum Gasteiger partial charge on any atom is 0.319 e. The van der Waals surface area contributed by atoms with Crippen LogP contribution in [0.25, 0.3) is 6.08 Å². The van der Waals surface area contributed by atoms with Crippen LogP contribution in [0.5, 0.6) is 11.9 Å². The summed E-state index contributed by atoms with van der Waals surface area (Å²) >= 11 is 0. The second-order valence-electron chi connectivity index (χ2n) is 9.34. The number of hydrogen-bond donors (Lipinski definition) is 0. The lowest BCUT2D eigenvalue weighted by atomic mass is 9.78. The Labute approximate surface area is 206 Å². The van der Waals surface area contributed by atoms with Crippen LogP contribution < -0.4 is 9.47 Å². The van der Waals surface area contributed by atoms with E-state index in [9.17, 15) is 13.2 Å². The molecule has 2 aliphatic rings. The predicted molar refractivity (Wildman–Crippen MR) is 132 cm³/mol. The summed E-state index contributed by atoms with van der Waals surface area (Å²) < 4.78 is 38.4. The van der Waals surface area contributed by atoms with E-state index in [-0.39, 0.29) is 17.3 Å². The predicted octanol–water partition coefficient (Wildman–Crippen LogP) is 2.83. The summed E-state index contributed by atoms with van der Waals surface area (Å²) in [6, 6.07) is 5.73. The fraction of sp³-hybridized carbons (Fsp3) is 0.480. The summed E-state index contributed by atoms with van der Waals surface area (Å²) in [5, 5.41) is 0. The van der Waals surface area contributed by atoms with Crippen LogP contribution >= 0.6 is 0 Å². The van der Waals surface area contributed by atoms with Crippen LogP contribution in [0.2, 0.25) is 0 Å². The molecule has 0 radical (unpaired) electrons. The molecule has 1 spiro atoms. The molecule has 35 heavy (non-hydrogen) atoms. The minimum atomic E-state index is -3.53. The molecule has 0 unspecified atom stereocenters. The highest BCUT2D eigenvalue weighted by atomic mass is 32.2. The maximum absolute atomic E-state index is 13.3. The van der Waals surface area contributed by atoms with Crippen molar-refractivity contribution < 1.29 is 22.7 Å². The molecule has 0 N–H and O–H groups in total. The molecule has 9 nitrogen and oxygen atoms in total. The Balaban J connectivity index is 1.39. The number of nitrogens with zero attached hydrogens (tertiary/aromatic N) is 4. The zero-order valence-corrected chi connectivity index (χ0v) is 21.5. The quantitative estimate of drug-likeness (QED) is 0.562. The second kappa shape index (κ2) is 9.94. The van der Waals surface area contributed by atoms with E-state index >= 15 is 0 Å². The molecule has 0 aliphatic carbocycles. The van der Waals surface area contributed by atoms with Gasteiger partial charge in [0, 0.05) is 38.5 Å². The molecule has 4 rings (SSSR count). The number of ether oxygens (including phenoxy) is 2. The lowest BCUT2D eigenvalue weighted by molar-refractivity contribution is -0.125. The molecule has 10 heteroatoms. The van der Waals surface area contributed by atoms with Gasteiger partial charge in [-0.3, -0.25) is 4.79 Å². The van der Waals surface area contributed by atoms with Gasteiger partial charge in [0.05, 0.1) is 24.7 Å². The monoisotopic (exact) mass is 500 g/mol. The number of amides is 1. The average Bonchev–Trinajstić information content (AvgIpc) is 3.27. The molecule has 2 aromatic rings. The summed E-state index contributed by atoms with van der Waals surface area (Å²) in [7, 11) is -0.562. The molecular formula is C25H32N4O5S. The van der Waals surface area contributed by atoms with Gasteiger partial charge in [-0.15, -0.1) is 0 Å². The Morgan fingerprint density at radius 3 is 2.49 bits per heavy atom. The number of aryl methyl sites for hydroxylation is 2. The Morgan fingerprint density at radius 1 is 1.09 bits per heavy atom. The molecule has 3 heterocycles. The molecule has 0 saturated carbocycles. The lowest BCUT2D eigenvalue weighted by Crippen LogP contribution is -2.44. The molecule has 188 valence electrons. The number of rotatable bonds is 6. The molecule has 2 saturated heterocycles. The third-order valence-corrected chi connectivity index (χ3v) is 9.07. The van der Waals surface area contributed by atoms with Crippen LogP contribution in [-0.4, -0.2) is 73.9 Å². The summed E-state index contributed by atoms with van der Waals surface area (Å²) in [6.45, 7) is 5.95. The highest BCUT2D eigenvalue weighted by Crippen LogP contribution is 2.41. The van der Waals surface area contributed by atoms with Crippen LogP contribution in [0.4, 0.5) is 0 Å². The highest BCUT2D eigenvalue weighted by molar-refractivity contribution is 7.89. The number of carbonyl (C=O) groups excluding carboxylic acids is 1. The number of sulfonamides is 1. The minimum Gasteiger partial charge on any atom is -0.480 e. The van der Waals surface area contributed by atoms with Crippen LogP contribution in [0, 0.1) is 19.3 Å². The standard InChI is InChI=1S/C25H32N4O5S/c1-18-5-6-19(2)21(15-18)35(31,32)29-13-10-25(11-14-29)9-12-28(17-25)22(30)8-7-20-16-26-24(34-4)27-23(20)33-3/h5-8,15-16H,9-14,17H2,1-4H3/b8-7+. The van der Waals surface area contributed by atoms with E-state index in [2.05, 4.69) is 9.97 Å². The molecule has 1 amide bonds. The first-order chi connectivity index (χ1) is 16.7. The summed E-state index contributed by atoms with van der Waals surface area (Å²) in [5.41, 5.74) is 2.23. The zero-order valence-electron chi connectivity index (χ0n) is 20.7. The van der Waals surface area contributed by atoms with Crippen molar-refractivity contribution in [2.75, 3.05) is 40.4 Å². The molecule has 1 aromatic heterocycles. The Kier molecular flexibility index (Phi) is 7.14. The van der Waals surface area contributed by atoms with E-state index in [4.69, 9.17) is 9.47 Å². The molecule has 0 bridgehead atoms. The van der Waals surface area contributed by atoms with Gasteiger partial charge < -0.3 is 14.4 Å². The van der Waals surface area contributed by atoms with Crippen molar-refractivity contribution in [3.05, 3.63) is 47.2 Å². The lowest BCUT2D eigenvalue weighted by Gasteiger charge is -2.38. The number of hydrogen-bond acceptors (Lipinski definition) is 7. The minimum absolute atomic E-state index is 0.0436. The highest BCUT2D eigenvalue weighted by Gasteiger charge is 2.44. The number of methoxy groups -OCH3 is 2. The number of aromatic nitrogens is 2. The smallest absolute Gasteiger partial charge is 0.319 e. The van der Waals surface area contributed by atoms with Crippen molar-refractivity contribution >= 4 is 22.0 Å². The SMILES string of the molecule is COc1ncc(/C=C/C(=O)N2CCC3(CCN(S(=O)(=O)c4cc(C)ccc4C)CC3)C2)c(OC)n1. The van der Waals surface area contributed by atoms with Gasteiger partial charge in [-0.2, -0.15) is 9.29 Å². The van der Waals surface area contributed by atoms with Gasteiger partial charge in [0.1, 0.15) is 0 Å². The molecule has 2 fully saturated rings. The third kappa shape index (κ3) is 5.18. The van der Waals surface area contributed by atoms with E-state index in [1.54, 1.807) is 22.6 Å². The van der Waals surface area contributed by atoms with Gasteiger partial charge in [0.25, 0.3) is 0 Å². The first-order valence-electron chi connectivity index (χ1n) is 11.7. The summed E-state index contributed by atoms with van der Waals surface area (Å²) in [5.74, 6) is 0.237. The van der Waals surface area contributed by atoms with Gasteiger partial charge in [-0.25, -0.2) is 13.4 Å². The van der Waals surface area contributed by atoms with E-state index in [0.29, 0.717) is 42.5 Å². The van der Waals surface area contributed by atoms with Crippen molar-refractivity contribution in [3.63, 3.8) is 0 Å². The number of piperidine rings is 1. The fourth-order valence-corrected chi connectivity index (χ4v) is 6.61. The van der Waals surface area contributed by atoms with E-state index in [0.717, 1.165) is 30.4 Å². The Bertz CT molecular complexity index is 1240. The number of benzene rings is 1. The molecule has 1 aromatic carbocycles. The average molecular weight is 501 g/mol. The normalized spacial score (nSPS) is 18.3. The van der Waals surface area contributed by atoms with Crippen LogP contribution in [0.3, 0.4) is 0 Å². The first-order valence-corrected chi connectivity index (χ1v) is 13.1. The summed E-state index contributed by atoms with van der Waals surface area (Å²) in [4.78, 5) is 23.3. The summed E-state index contributed by atoms with van der Waals surface area (Å²) in [6.07, 6.45) is 7.05. The van der Waals surface area contributed by atoms with Gasteiger partial charge in [-0.1, -0.05) is 12.1 Å². The van der Waals surface area contributed by atoms with Crippen LogP contribution in [-0.2, 0) is 14.8 Å². The maximum atomic E-state index is 13.3. The number of likely N-dealkylation sites (tertiary alicyclic amines) is 1. The Morgan fingerprint density at radius 2 is 1.80 bits per heavy atom. The van der Waals surface area contributed by atoms with Crippen molar-refractivity contribution in [2.24, 2.45) is 5.41 Å². The van der Waals surface area contributed by atoms with Crippen molar-refractivity contribution in [2.45, 2.75) is 38.0 Å². The zero-order chi connectivity index (χ0) is 25.2. The topological polar surface area (TPSA) is 102 Å². The fourth-order valence-electron chi connectivity index (χ4n) is 4.86. The van der Waals surface area contributed by atoms with Gasteiger partial charge in [-0.05, 0) is 61.8 Å². The van der Waals surface area contributed by atoms with Crippen molar-refractivity contribution in [3.8, 4) is 11.9 Å². The van der Waals surface area contributed by atoms with Crippen molar-refractivity contribution in [1.29, 1.82) is 0 Å². The Hall–Kier alpha value is -2.98. The van der Waals surface area contributed by atoms with E-state index in [1.807, 2.05) is 30.9 Å². The van der Waals surface area contributed by atoms with Crippen LogP contribution in [0.15, 0.2) is 35.4 Å². The first kappa shape index (κ1) is 25.1. The van der Waals surface area contributed by atoms with Gasteiger partial charge in [0.2, 0.25) is 21.8 Å². The third-order valence-electron chi connectivity index (χ3n) is 7.03.